The van der Waals surface area contributed by atoms with Crippen molar-refractivity contribution in [1.82, 2.24) is 10.2 Å². The summed E-state index contributed by atoms with van der Waals surface area (Å²) in [6.07, 6.45) is 0.0977. The zero-order valence-electron chi connectivity index (χ0n) is 14.3. The molecule has 0 unspecified atom stereocenters. The van der Waals surface area contributed by atoms with Crippen molar-refractivity contribution in [2.75, 3.05) is 13.1 Å². The van der Waals surface area contributed by atoms with Gasteiger partial charge in [-0.25, -0.2) is 9.18 Å². The van der Waals surface area contributed by atoms with Gasteiger partial charge in [-0.1, -0.05) is 6.07 Å². The second-order valence-corrected chi connectivity index (χ2v) is 7.73. The summed E-state index contributed by atoms with van der Waals surface area (Å²) in [7, 11) is 0. The maximum atomic E-state index is 14.1. The number of hydrogen-bond donors (Lipinski definition) is 1. The van der Waals surface area contributed by atoms with Crippen molar-refractivity contribution < 1.29 is 18.7 Å². The van der Waals surface area contributed by atoms with Gasteiger partial charge in [-0.05, 0) is 61.7 Å². The zero-order chi connectivity index (χ0) is 18.1. The van der Waals surface area contributed by atoms with Crippen LogP contribution in [0.3, 0.4) is 0 Å². The molecule has 1 aromatic carbocycles. The van der Waals surface area contributed by atoms with E-state index in [1.165, 1.54) is 6.07 Å². The first-order valence-electron chi connectivity index (χ1n) is 7.82. The van der Waals surface area contributed by atoms with E-state index in [4.69, 9.17) is 4.74 Å². The number of halogens is 2. The molecule has 0 radical (unpaired) electrons. The molecule has 1 fully saturated rings. The number of alkyl carbamates (subject to hydrolysis) is 1. The summed E-state index contributed by atoms with van der Waals surface area (Å²) in [4.78, 5) is 26.0. The number of carbonyl (C=O) groups excluding carboxylic acids is 2. The summed E-state index contributed by atoms with van der Waals surface area (Å²) in [6, 6.07) is 2.71. The SMILES string of the molecule is Cc1ccc(F)c(C(=O)N2CC[C@H](NC(=O)OC(C)(C)C)C2)c1Br. The van der Waals surface area contributed by atoms with E-state index in [2.05, 4.69) is 21.2 Å². The van der Waals surface area contributed by atoms with E-state index < -0.39 is 17.5 Å². The first-order chi connectivity index (χ1) is 11.1. The van der Waals surface area contributed by atoms with Gasteiger partial charge in [0.15, 0.2) is 0 Å². The maximum absolute atomic E-state index is 14.1. The molecule has 5 nitrogen and oxygen atoms in total. The average molecular weight is 401 g/mol. The third kappa shape index (κ3) is 4.47. The molecule has 7 heteroatoms. The number of nitrogens with zero attached hydrogens (tertiary/aromatic N) is 1. The van der Waals surface area contributed by atoms with Gasteiger partial charge in [-0.15, -0.1) is 0 Å². The molecule has 1 aliphatic rings. The number of rotatable bonds is 2. The first kappa shape index (κ1) is 18.7. The van der Waals surface area contributed by atoms with Gasteiger partial charge < -0.3 is 15.0 Å². The fourth-order valence-corrected chi connectivity index (χ4v) is 3.04. The van der Waals surface area contributed by atoms with E-state index in [0.717, 1.165) is 5.56 Å². The van der Waals surface area contributed by atoms with Gasteiger partial charge in [0.25, 0.3) is 5.91 Å². The van der Waals surface area contributed by atoms with Crippen molar-refractivity contribution >= 4 is 27.9 Å². The van der Waals surface area contributed by atoms with Crippen LogP contribution in [0.25, 0.3) is 0 Å². The van der Waals surface area contributed by atoms with Gasteiger partial charge in [-0.3, -0.25) is 4.79 Å². The number of nitrogens with one attached hydrogen (secondary N) is 1. The van der Waals surface area contributed by atoms with E-state index in [9.17, 15) is 14.0 Å². The fraction of sp³-hybridized carbons (Fsp3) is 0.529. The molecule has 0 aliphatic carbocycles. The van der Waals surface area contributed by atoms with Crippen LogP contribution in [0, 0.1) is 12.7 Å². The first-order valence-corrected chi connectivity index (χ1v) is 8.61. The Morgan fingerprint density at radius 2 is 2.04 bits per heavy atom. The number of likely N-dealkylation sites (tertiary alicyclic amines) is 1. The van der Waals surface area contributed by atoms with Gasteiger partial charge in [0.1, 0.15) is 11.4 Å². The summed E-state index contributed by atoms with van der Waals surface area (Å²) < 4.78 is 19.7. The molecule has 1 aromatic rings. The largest absolute Gasteiger partial charge is 0.444 e. The quantitative estimate of drug-likeness (QED) is 0.824. The Labute approximate surface area is 149 Å². The highest BCUT2D eigenvalue weighted by Gasteiger charge is 2.31. The maximum Gasteiger partial charge on any atom is 0.407 e. The van der Waals surface area contributed by atoms with Crippen LogP contribution >= 0.6 is 15.9 Å². The van der Waals surface area contributed by atoms with Crippen LogP contribution in [0.2, 0.25) is 0 Å². The molecule has 0 saturated carbocycles. The van der Waals surface area contributed by atoms with Gasteiger partial charge in [0.05, 0.1) is 11.6 Å². The molecule has 1 N–H and O–H groups in total. The Morgan fingerprint density at radius 1 is 1.38 bits per heavy atom. The molecule has 0 bridgehead atoms. The lowest BCUT2D eigenvalue weighted by Gasteiger charge is -2.22. The molecular weight excluding hydrogens is 379 g/mol. The summed E-state index contributed by atoms with van der Waals surface area (Å²) in [5, 5.41) is 2.75. The zero-order valence-corrected chi connectivity index (χ0v) is 15.9. The highest BCUT2D eigenvalue weighted by molar-refractivity contribution is 9.10. The van der Waals surface area contributed by atoms with Crippen molar-refractivity contribution in [1.29, 1.82) is 0 Å². The van der Waals surface area contributed by atoms with Gasteiger partial charge in [0, 0.05) is 17.6 Å². The van der Waals surface area contributed by atoms with Crippen molar-refractivity contribution in [3.05, 3.63) is 33.5 Å². The average Bonchev–Trinajstić information content (AvgIpc) is 2.89. The number of amides is 2. The molecule has 24 heavy (non-hydrogen) atoms. The summed E-state index contributed by atoms with van der Waals surface area (Å²) >= 11 is 3.29. The molecule has 1 aliphatic heterocycles. The number of benzene rings is 1. The predicted octanol–water partition coefficient (Wildman–Crippen LogP) is 3.64. The number of hydrogen-bond acceptors (Lipinski definition) is 3. The van der Waals surface area contributed by atoms with Crippen LogP contribution in [-0.2, 0) is 4.74 Å². The van der Waals surface area contributed by atoms with Crippen molar-refractivity contribution in [2.45, 2.75) is 45.8 Å². The van der Waals surface area contributed by atoms with E-state index >= 15 is 0 Å². The summed E-state index contributed by atoms with van der Waals surface area (Å²) in [5.41, 5.74) is 0.253. The molecule has 0 spiro atoms. The van der Waals surface area contributed by atoms with Crippen molar-refractivity contribution in [3.8, 4) is 0 Å². The van der Waals surface area contributed by atoms with Crippen molar-refractivity contribution in [2.24, 2.45) is 0 Å². The molecule has 1 heterocycles. The molecule has 1 atom stereocenters. The monoisotopic (exact) mass is 400 g/mol. The minimum Gasteiger partial charge on any atom is -0.444 e. The van der Waals surface area contributed by atoms with Gasteiger partial charge in [-0.2, -0.15) is 0 Å². The molecule has 132 valence electrons. The minimum atomic E-state index is -0.576. The summed E-state index contributed by atoms with van der Waals surface area (Å²) in [5.74, 6) is -0.933. The molecular formula is C17H22BrFN2O3. The van der Waals surface area contributed by atoms with Crippen LogP contribution < -0.4 is 5.32 Å². The molecule has 1 saturated heterocycles. The third-order valence-corrected chi connectivity index (χ3v) is 4.72. The predicted molar refractivity (Wildman–Crippen MR) is 92.5 cm³/mol. The van der Waals surface area contributed by atoms with Gasteiger partial charge >= 0.3 is 6.09 Å². The standard InChI is InChI=1S/C17H22BrFN2O3/c1-10-5-6-12(19)13(14(10)18)15(22)21-8-7-11(9-21)20-16(23)24-17(2,3)4/h5-6,11H,7-9H2,1-4H3,(H,20,23)/t11-/m0/s1. The lowest BCUT2D eigenvalue weighted by Crippen LogP contribution is -2.41. The molecule has 0 aromatic heterocycles. The van der Waals surface area contributed by atoms with Crippen LogP contribution in [0.1, 0.15) is 43.1 Å². The third-order valence-electron chi connectivity index (χ3n) is 3.69. The second-order valence-electron chi connectivity index (χ2n) is 6.94. The van der Waals surface area contributed by atoms with E-state index in [0.29, 0.717) is 24.0 Å². The number of aryl methyl sites for hydroxylation is 1. The molecule has 2 amide bonds. The van der Waals surface area contributed by atoms with E-state index in [-0.39, 0.29) is 17.5 Å². The topological polar surface area (TPSA) is 58.6 Å². The Morgan fingerprint density at radius 3 is 2.67 bits per heavy atom. The Hall–Kier alpha value is -1.63. The Balaban J connectivity index is 2.02. The second kappa shape index (κ2) is 7.09. The minimum absolute atomic E-state index is 0.0351. The van der Waals surface area contributed by atoms with Crippen LogP contribution in [-0.4, -0.2) is 41.6 Å². The van der Waals surface area contributed by atoms with Crippen LogP contribution in [0.4, 0.5) is 9.18 Å². The normalized spacial score (nSPS) is 17.8. The fourth-order valence-electron chi connectivity index (χ4n) is 2.55. The van der Waals surface area contributed by atoms with Crippen molar-refractivity contribution in [3.63, 3.8) is 0 Å². The Bertz CT molecular complexity index is 658. The Kier molecular flexibility index (Phi) is 5.52. The lowest BCUT2D eigenvalue weighted by molar-refractivity contribution is 0.0502. The van der Waals surface area contributed by atoms with E-state index in [1.54, 1.807) is 38.7 Å². The van der Waals surface area contributed by atoms with Crippen LogP contribution in [0.15, 0.2) is 16.6 Å². The lowest BCUT2D eigenvalue weighted by atomic mass is 10.1. The van der Waals surface area contributed by atoms with E-state index in [1.807, 2.05) is 0 Å². The number of carbonyl (C=O) groups is 2. The number of ether oxygens (including phenoxy) is 1. The smallest absolute Gasteiger partial charge is 0.407 e. The summed E-state index contributed by atoms with van der Waals surface area (Å²) in [6.45, 7) is 7.95. The highest BCUT2D eigenvalue weighted by atomic mass is 79.9. The van der Waals surface area contributed by atoms with Crippen LogP contribution in [0.5, 0.6) is 0 Å². The van der Waals surface area contributed by atoms with Gasteiger partial charge in [0.2, 0.25) is 0 Å². The molecule has 2 rings (SSSR count). The highest BCUT2D eigenvalue weighted by Crippen LogP contribution is 2.26.